The van der Waals surface area contributed by atoms with Crippen molar-refractivity contribution in [3.8, 4) is 0 Å². The van der Waals surface area contributed by atoms with E-state index in [1.165, 1.54) is 22.5 Å². The summed E-state index contributed by atoms with van der Waals surface area (Å²) < 4.78 is 67.7. The molecule has 152 valence electrons. The molecule has 1 heterocycles. The molecule has 0 aliphatic carbocycles. The molecule has 0 spiro atoms. The highest BCUT2D eigenvalue weighted by Gasteiger charge is 2.28. The molecule has 2 aromatic rings. The Morgan fingerprint density at radius 3 is 2.21 bits per heavy atom. The Morgan fingerprint density at radius 2 is 1.57 bits per heavy atom. The summed E-state index contributed by atoms with van der Waals surface area (Å²) in [7, 11) is -7.96. The monoisotopic (exact) mass is 466 g/mol. The molecule has 2 aromatic carbocycles. The predicted octanol–water partition coefficient (Wildman–Crippen LogP) is 4.11. The van der Waals surface area contributed by atoms with Crippen molar-refractivity contribution in [3.05, 3.63) is 52.3 Å². The molecule has 0 saturated carbocycles. The van der Waals surface area contributed by atoms with Crippen LogP contribution < -0.4 is 4.72 Å². The summed E-state index contributed by atoms with van der Waals surface area (Å²) in [5, 5.41) is -0.342. The molecule has 1 fully saturated rings. The van der Waals surface area contributed by atoms with E-state index in [1.54, 1.807) is 0 Å². The Balaban J connectivity index is 1.93. The van der Waals surface area contributed by atoms with Gasteiger partial charge in [0.15, 0.2) is 0 Å². The quantitative estimate of drug-likeness (QED) is 0.718. The summed E-state index contributed by atoms with van der Waals surface area (Å²) >= 11 is 11.7. The van der Waals surface area contributed by atoms with Crippen LogP contribution in [0.4, 0.5) is 10.1 Å². The van der Waals surface area contributed by atoms with Crippen LogP contribution in [-0.2, 0) is 20.0 Å². The molecule has 0 radical (unpaired) electrons. The van der Waals surface area contributed by atoms with Gasteiger partial charge in [-0.15, -0.1) is 0 Å². The maximum Gasteiger partial charge on any atom is 0.261 e. The van der Waals surface area contributed by atoms with E-state index < -0.39 is 25.9 Å². The van der Waals surface area contributed by atoms with Gasteiger partial charge < -0.3 is 0 Å². The van der Waals surface area contributed by atoms with E-state index in [4.69, 9.17) is 23.2 Å². The molecule has 0 atom stereocenters. The first-order chi connectivity index (χ1) is 13.1. The number of hydrogen-bond donors (Lipinski definition) is 1. The Labute approximate surface area is 173 Å². The average Bonchev–Trinajstić information content (AvgIpc) is 2.66. The first kappa shape index (κ1) is 21.3. The van der Waals surface area contributed by atoms with Crippen LogP contribution in [0.5, 0.6) is 0 Å². The molecule has 28 heavy (non-hydrogen) atoms. The summed E-state index contributed by atoms with van der Waals surface area (Å²) in [5.41, 5.74) is 0.0143. The number of anilines is 1. The smallest absolute Gasteiger partial charge is 0.261 e. The van der Waals surface area contributed by atoms with Crippen LogP contribution in [0.25, 0.3) is 0 Å². The van der Waals surface area contributed by atoms with Crippen molar-refractivity contribution in [1.82, 2.24) is 4.31 Å². The van der Waals surface area contributed by atoms with E-state index >= 15 is 0 Å². The molecule has 1 aliphatic rings. The Morgan fingerprint density at radius 1 is 0.893 bits per heavy atom. The van der Waals surface area contributed by atoms with Gasteiger partial charge in [0.05, 0.1) is 20.6 Å². The van der Waals surface area contributed by atoms with Crippen LogP contribution in [0.1, 0.15) is 19.3 Å². The van der Waals surface area contributed by atoms with Crippen molar-refractivity contribution in [3.63, 3.8) is 0 Å². The zero-order valence-corrected chi connectivity index (χ0v) is 17.7. The van der Waals surface area contributed by atoms with Gasteiger partial charge in [0.25, 0.3) is 10.0 Å². The van der Waals surface area contributed by atoms with Gasteiger partial charge in [-0.2, -0.15) is 4.31 Å². The molecule has 6 nitrogen and oxygen atoms in total. The second kappa shape index (κ2) is 8.16. The fraction of sp³-hybridized carbons (Fsp3) is 0.294. The molecule has 0 bridgehead atoms. The zero-order chi connectivity index (χ0) is 20.5. The lowest BCUT2D eigenvalue weighted by atomic mass is 10.2. The van der Waals surface area contributed by atoms with Crippen molar-refractivity contribution < 1.29 is 21.2 Å². The van der Waals surface area contributed by atoms with Crippen molar-refractivity contribution in [2.45, 2.75) is 29.1 Å². The Kier molecular flexibility index (Phi) is 6.21. The highest BCUT2D eigenvalue weighted by atomic mass is 35.5. The third kappa shape index (κ3) is 4.44. The summed E-state index contributed by atoms with van der Waals surface area (Å²) in [6.07, 6.45) is 2.48. The van der Waals surface area contributed by atoms with Crippen molar-refractivity contribution in [2.24, 2.45) is 0 Å². The Hall–Kier alpha value is -1.39. The summed E-state index contributed by atoms with van der Waals surface area (Å²) in [4.78, 5) is -0.428. The maximum atomic E-state index is 13.3. The van der Waals surface area contributed by atoms with Gasteiger partial charge in [-0.3, -0.25) is 4.72 Å². The van der Waals surface area contributed by atoms with Gasteiger partial charge in [0.1, 0.15) is 10.7 Å². The summed E-state index contributed by atoms with van der Waals surface area (Å²) in [6, 6.07) is 6.81. The molecule has 1 N–H and O–H groups in total. The average molecular weight is 467 g/mol. The number of nitrogens with one attached hydrogen (secondary N) is 1. The molecule has 0 unspecified atom stereocenters. The van der Waals surface area contributed by atoms with Gasteiger partial charge in [0, 0.05) is 13.1 Å². The summed E-state index contributed by atoms with van der Waals surface area (Å²) in [5.74, 6) is -0.748. The SMILES string of the molecule is O=S(=O)(Nc1ccc(Cl)c(S(=O)(=O)N2CCCCC2)c1)c1ccc(F)c(Cl)c1. The molecular weight excluding hydrogens is 450 g/mol. The Bertz CT molecular complexity index is 1100. The number of rotatable bonds is 5. The molecule has 0 aromatic heterocycles. The lowest BCUT2D eigenvalue weighted by Gasteiger charge is -2.26. The number of piperidine rings is 1. The molecule has 0 amide bonds. The van der Waals surface area contributed by atoms with E-state index in [1.807, 2.05) is 0 Å². The molecule has 11 heteroatoms. The van der Waals surface area contributed by atoms with Gasteiger partial charge in [-0.25, -0.2) is 21.2 Å². The van der Waals surface area contributed by atoms with Crippen LogP contribution in [0.2, 0.25) is 10.0 Å². The number of hydrogen-bond acceptors (Lipinski definition) is 4. The second-order valence-corrected chi connectivity index (χ2v) is 10.7. The van der Waals surface area contributed by atoms with Gasteiger partial charge in [0.2, 0.25) is 10.0 Å². The fourth-order valence-corrected chi connectivity index (χ4v) is 6.20. The third-order valence-electron chi connectivity index (χ3n) is 4.32. The minimum absolute atomic E-state index is 0.00153. The fourth-order valence-electron chi connectivity index (χ4n) is 2.87. The number of nitrogens with zero attached hydrogens (tertiary/aromatic N) is 1. The minimum atomic E-state index is -4.11. The normalized spacial score (nSPS) is 16.1. The molecular formula is C17H17Cl2FN2O4S2. The van der Waals surface area contributed by atoms with Gasteiger partial charge in [-0.1, -0.05) is 29.6 Å². The highest BCUT2D eigenvalue weighted by molar-refractivity contribution is 7.92. The first-order valence-electron chi connectivity index (χ1n) is 8.39. The van der Waals surface area contributed by atoms with E-state index in [0.717, 1.165) is 37.5 Å². The number of benzene rings is 2. The lowest BCUT2D eigenvalue weighted by molar-refractivity contribution is 0.346. The molecule has 1 saturated heterocycles. The van der Waals surface area contributed by atoms with Crippen molar-refractivity contribution in [1.29, 1.82) is 0 Å². The summed E-state index contributed by atoms with van der Waals surface area (Å²) in [6.45, 7) is 0.783. The van der Waals surface area contributed by atoms with E-state index in [-0.39, 0.29) is 25.5 Å². The second-order valence-electron chi connectivity index (χ2n) is 6.29. The van der Waals surface area contributed by atoms with Crippen LogP contribution in [0.3, 0.4) is 0 Å². The minimum Gasteiger partial charge on any atom is -0.280 e. The van der Waals surface area contributed by atoms with Gasteiger partial charge in [-0.05, 0) is 49.2 Å². The largest absolute Gasteiger partial charge is 0.280 e. The standard InChI is InChI=1S/C17H17Cl2FN2O4S2/c18-14-6-4-12(10-17(14)28(25,26)22-8-2-1-3-9-22)21-27(23,24)13-5-7-16(20)15(19)11-13/h4-7,10-11,21H,1-3,8-9H2. The van der Waals surface area contributed by atoms with Crippen molar-refractivity contribution >= 4 is 48.9 Å². The predicted molar refractivity (Wildman–Crippen MR) is 106 cm³/mol. The van der Waals surface area contributed by atoms with Crippen LogP contribution >= 0.6 is 23.2 Å². The molecule has 3 rings (SSSR count). The van der Waals surface area contributed by atoms with E-state index in [0.29, 0.717) is 13.1 Å². The maximum absolute atomic E-state index is 13.3. The van der Waals surface area contributed by atoms with Gasteiger partial charge >= 0.3 is 0 Å². The van der Waals surface area contributed by atoms with E-state index in [9.17, 15) is 21.2 Å². The van der Waals surface area contributed by atoms with Crippen molar-refractivity contribution in [2.75, 3.05) is 17.8 Å². The molecule has 1 aliphatic heterocycles. The topological polar surface area (TPSA) is 83.5 Å². The van der Waals surface area contributed by atoms with E-state index in [2.05, 4.69) is 4.72 Å². The van der Waals surface area contributed by atoms with Crippen LogP contribution in [-0.4, -0.2) is 34.2 Å². The number of sulfonamides is 2. The highest BCUT2D eigenvalue weighted by Crippen LogP contribution is 2.30. The lowest BCUT2D eigenvalue weighted by Crippen LogP contribution is -2.35. The first-order valence-corrected chi connectivity index (χ1v) is 12.1. The van der Waals surface area contributed by atoms with Crippen LogP contribution in [0, 0.1) is 5.82 Å². The third-order valence-corrected chi connectivity index (χ3v) is 8.37. The van der Waals surface area contributed by atoms with Crippen LogP contribution in [0.15, 0.2) is 46.2 Å². The zero-order valence-electron chi connectivity index (χ0n) is 14.5. The number of halogens is 3.